The Kier molecular flexibility index (Phi) is 5.01. The fourth-order valence-electron chi connectivity index (χ4n) is 2.29. The molecule has 3 aromatic rings. The lowest BCUT2D eigenvalue weighted by atomic mass is 10.1. The van der Waals surface area contributed by atoms with Crippen LogP contribution in [0.5, 0.6) is 0 Å². The third kappa shape index (κ3) is 4.29. The monoisotopic (exact) mass is 324 g/mol. The summed E-state index contributed by atoms with van der Waals surface area (Å²) in [5.41, 5.74) is 2.54. The van der Waals surface area contributed by atoms with Gasteiger partial charge in [0.05, 0.1) is 5.69 Å². The Morgan fingerprint density at radius 2 is 1.79 bits per heavy atom. The predicted octanol–water partition coefficient (Wildman–Crippen LogP) is 3.69. The van der Waals surface area contributed by atoms with Gasteiger partial charge in [0.25, 0.3) is 0 Å². The second-order valence-corrected chi connectivity index (χ2v) is 5.37. The largest absolute Gasteiger partial charge is 0.459 e. The number of rotatable bonds is 6. The Balaban J connectivity index is 1.48. The van der Waals surface area contributed by atoms with Crippen molar-refractivity contribution in [2.75, 3.05) is 0 Å². The van der Waals surface area contributed by atoms with Crippen LogP contribution < -0.4 is 0 Å². The Hall–Kier alpha value is -2.95. The van der Waals surface area contributed by atoms with Gasteiger partial charge in [-0.2, -0.15) is 5.10 Å². The molecule has 2 aromatic carbocycles. The number of aryl methyl sites for hydroxylation is 1. The first-order chi connectivity index (χ1) is 11.7. The third-order valence-corrected chi connectivity index (χ3v) is 3.58. The maximum absolute atomic E-state index is 12.8. The van der Waals surface area contributed by atoms with Gasteiger partial charge in [-0.15, -0.1) is 0 Å². The minimum Gasteiger partial charge on any atom is -0.459 e. The van der Waals surface area contributed by atoms with Crippen molar-refractivity contribution in [2.45, 2.75) is 19.4 Å². The molecule has 0 amide bonds. The van der Waals surface area contributed by atoms with Crippen LogP contribution in [0.1, 0.15) is 17.7 Å². The average molecular weight is 324 g/mol. The lowest BCUT2D eigenvalue weighted by Gasteiger charge is -2.04. The fourth-order valence-corrected chi connectivity index (χ4v) is 2.29. The number of carbonyl (C=O) groups excluding carboxylic acids is 1. The molecule has 0 aliphatic rings. The lowest BCUT2D eigenvalue weighted by molar-refractivity contribution is -0.145. The number of hydrogen-bond donors (Lipinski definition) is 0. The van der Waals surface area contributed by atoms with E-state index in [0.29, 0.717) is 12.1 Å². The Morgan fingerprint density at radius 3 is 2.54 bits per heavy atom. The van der Waals surface area contributed by atoms with Crippen LogP contribution in [0.25, 0.3) is 5.69 Å². The second kappa shape index (κ2) is 7.55. The highest BCUT2D eigenvalue weighted by Crippen LogP contribution is 2.09. The summed E-state index contributed by atoms with van der Waals surface area (Å²) in [5, 5.41) is 4.38. The smallest absolute Gasteiger partial charge is 0.306 e. The highest BCUT2D eigenvalue weighted by Gasteiger charge is 2.07. The summed E-state index contributed by atoms with van der Waals surface area (Å²) in [7, 11) is 0. The van der Waals surface area contributed by atoms with Gasteiger partial charge in [-0.25, -0.2) is 9.07 Å². The van der Waals surface area contributed by atoms with Gasteiger partial charge in [0, 0.05) is 12.6 Å². The van der Waals surface area contributed by atoms with Crippen LogP contribution in [0.2, 0.25) is 0 Å². The molecular weight excluding hydrogens is 307 g/mol. The normalized spacial score (nSPS) is 10.5. The quantitative estimate of drug-likeness (QED) is 0.650. The van der Waals surface area contributed by atoms with Crippen LogP contribution in [0.4, 0.5) is 4.39 Å². The number of ether oxygens (including phenoxy) is 1. The fraction of sp³-hybridized carbons (Fsp3) is 0.158. The standard InChI is InChI=1S/C19H17FN2O2/c20-16-9-6-15(7-10-16)8-11-19(23)24-14-17-12-13-22(21-17)18-4-2-1-3-5-18/h1-7,9-10,12-13H,8,11,14H2. The molecule has 3 rings (SSSR count). The van der Waals surface area contributed by atoms with E-state index in [1.807, 2.05) is 42.6 Å². The predicted molar refractivity (Wildman–Crippen MR) is 88.1 cm³/mol. The lowest BCUT2D eigenvalue weighted by Crippen LogP contribution is -2.06. The van der Waals surface area contributed by atoms with Crippen LogP contribution >= 0.6 is 0 Å². The van der Waals surface area contributed by atoms with E-state index in [1.165, 1.54) is 12.1 Å². The molecule has 0 radical (unpaired) electrons. The summed E-state index contributed by atoms with van der Waals surface area (Å²) in [6.07, 6.45) is 2.61. The molecule has 0 unspecified atom stereocenters. The summed E-state index contributed by atoms with van der Waals surface area (Å²) < 4.78 is 19.8. The first-order valence-electron chi connectivity index (χ1n) is 7.71. The maximum atomic E-state index is 12.8. The Labute approximate surface area is 139 Å². The molecule has 24 heavy (non-hydrogen) atoms. The van der Waals surface area contributed by atoms with Crippen LogP contribution in [-0.2, 0) is 22.6 Å². The zero-order valence-corrected chi connectivity index (χ0v) is 13.1. The molecule has 5 heteroatoms. The van der Waals surface area contributed by atoms with Gasteiger partial charge in [-0.3, -0.25) is 4.79 Å². The van der Waals surface area contributed by atoms with Gasteiger partial charge in [-0.05, 0) is 42.3 Å². The highest BCUT2D eigenvalue weighted by atomic mass is 19.1. The number of halogens is 1. The maximum Gasteiger partial charge on any atom is 0.306 e. The number of carbonyl (C=O) groups is 1. The van der Waals surface area contributed by atoms with Crippen LogP contribution in [-0.4, -0.2) is 15.7 Å². The van der Waals surface area contributed by atoms with E-state index in [2.05, 4.69) is 5.10 Å². The third-order valence-electron chi connectivity index (χ3n) is 3.58. The average Bonchev–Trinajstić information content (AvgIpc) is 3.09. The van der Waals surface area contributed by atoms with Crippen molar-refractivity contribution in [1.82, 2.24) is 9.78 Å². The van der Waals surface area contributed by atoms with Gasteiger partial charge >= 0.3 is 5.97 Å². The molecule has 0 aliphatic heterocycles. The van der Waals surface area contributed by atoms with Crippen LogP contribution in [0.3, 0.4) is 0 Å². The number of esters is 1. The molecule has 0 N–H and O–H groups in total. The van der Waals surface area contributed by atoms with Crippen molar-refractivity contribution in [3.63, 3.8) is 0 Å². The van der Waals surface area contributed by atoms with E-state index >= 15 is 0 Å². The molecule has 1 heterocycles. The zero-order chi connectivity index (χ0) is 16.8. The number of nitrogens with zero attached hydrogens (tertiary/aromatic N) is 2. The number of para-hydroxylation sites is 1. The Bertz CT molecular complexity index is 798. The number of aromatic nitrogens is 2. The SMILES string of the molecule is O=C(CCc1ccc(F)cc1)OCc1ccn(-c2ccccc2)n1. The minimum absolute atomic E-state index is 0.141. The molecule has 1 aromatic heterocycles. The molecule has 0 spiro atoms. The zero-order valence-electron chi connectivity index (χ0n) is 13.1. The van der Waals surface area contributed by atoms with Crippen molar-refractivity contribution < 1.29 is 13.9 Å². The van der Waals surface area contributed by atoms with E-state index < -0.39 is 0 Å². The van der Waals surface area contributed by atoms with Gasteiger partial charge in [0.1, 0.15) is 18.1 Å². The van der Waals surface area contributed by atoms with Gasteiger partial charge in [-0.1, -0.05) is 30.3 Å². The highest BCUT2D eigenvalue weighted by molar-refractivity contribution is 5.69. The van der Waals surface area contributed by atoms with E-state index in [0.717, 1.165) is 11.3 Å². The molecule has 4 nitrogen and oxygen atoms in total. The van der Waals surface area contributed by atoms with E-state index in [1.54, 1.807) is 16.8 Å². The van der Waals surface area contributed by atoms with Crippen LogP contribution in [0, 0.1) is 5.82 Å². The van der Waals surface area contributed by atoms with E-state index in [-0.39, 0.29) is 24.8 Å². The van der Waals surface area contributed by atoms with Gasteiger partial charge in [0.15, 0.2) is 0 Å². The van der Waals surface area contributed by atoms with Gasteiger partial charge < -0.3 is 4.74 Å². The topological polar surface area (TPSA) is 44.1 Å². The van der Waals surface area contributed by atoms with Crippen molar-refractivity contribution >= 4 is 5.97 Å². The number of benzene rings is 2. The molecule has 0 saturated heterocycles. The molecule has 0 saturated carbocycles. The van der Waals surface area contributed by atoms with Crippen LogP contribution in [0.15, 0.2) is 66.9 Å². The first-order valence-corrected chi connectivity index (χ1v) is 7.71. The first kappa shape index (κ1) is 15.9. The molecule has 0 atom stereocenters. The molecule has 0 bridgehead atoms. The number of hydrogen-bond acceptors (Lipinski definition) is 3. The molecule has 0 fully saturated rings. The van der Waals surface area contributed by atoms with Crippen molar-refractivity contribution in [1.29, 1.82) is 0 Å². The summed E-state index contributed by atoms with van der Waals surface area (Å²) in [6, 6.07) is 17.6. The van der Waals surface area contributed by atoms with Gasteiger partial charge in [0.2, 0.25) is 0 Å². The second-order valence-electron chi connectivity index (χ2n) is 5.37. The Morgan fingerprint density at radius 1 is 1.04 bits per heavy atom. The molecule has 0 aliphatic carbocycles. The molecular formula is C19H17FN2O2. The van der Waals surface area contributed by atoms with E-state index in [4.69, 9.17) is 4.74 Å². The van der Waals surface area contributed by atoms with E-state index in [9.17, 15) is 9.18 Å². The molecule has 122 valence electrons. The van der Waals surface area contributed by atoms with Crippen molar-refractivity contribution in [3.8, 4) is 5.69 Å². The summed E-state index contributed by atoms with van der Waals surface area (Å²) in [4.78, 5) is 11.8. The summed E-state index contributed by atoms with van der Waals surface area (Å²) in [6.45, 7) is 0.141. The van der Waals surface area contributed by atoms with Crippen molar-refractivity contribution in [3.05, 3.63) is 83.9 Å². The minimum atomic E-state index is -0.298. The summed E-state index contributed by atoms with van der Waals surface area (Å²) in [5.74, 6) is -0.580. The summed E-state index contributed by atoms with van der Waals surface area (Å²) >= 11 is 0. The van der Waals surface area contributed by atoms with Crippen molar-refractivity contribution in [2.24, 2.45) is 0 Å².